The zero-order valence-electron chi connectivity index (χ0n) is 6.26. The molecule has 1 saturated carbocycles. The lowest BCUT2D eigenvalue weighted by atomic mass is 9.73. The average Bonchev–Trinajstić information content (AvgIpc) is 2.10. The molecule has 10 heavy (non-hydrogen) atoms. The van der Waals surface area contributed by atoms with Crippen LogP contribution in [0.15, 0.2) is 12.2 Å². The van der Waals surface area contributed by atoms with Gasteiger partial charge in [0.2, 0.25) is 0 Å². The Bertz CT molecular complexity index is 205. The largest absolute Gasteiger partial charge is 0.298 e. The zero-order valence-corrected chi connectivity index (χ0v) is 6.26. The molecular formula is C9H12O. The van der Waals surface area contributed by atoms with Crippen LogP contribution in [0.5, 0.6) is 0 Å². The van der Waals surface area contributed by atoms with Gasteiger partial charge in [-0.15, -0.1) is 0 Å². The molecule has 2 rings (SSSR count). The summed E-state index contributed by atoms with van der Waals surface area (Å²) in [6.45, 7) is 2.04. The Morgan fingerprint density at radius 2 is 2.40 bits per heavy atom. The third-order valence-corrected chi connectivity index (χ3v) is 2.88. The predicted molar refractivity (Wildman–Crippen MR) is 39.6 cm³/mol. The van der Waals surface area contributed by atoms with Gasteiger partial charge in [-0.2, -0.15) is 0 Å². The lowest BCUT2D eigenvalue weighted by Crippen LogP contribution is -2.29. The molecule has 0 amide bonds. The minimum atomic E-state index is 0.0272. The molecule has 54 valence electrons. The van der Waals surface area contributed by atoms with Gasteiger partial charge in [-0.3, -0.25) is 4.79 Å². The highest BCUT2D eigenvalue weighted by molar-refractivity contribution is 5.91. The first kappa shape index (κ1) is 6.14. The molecule has 1 fully saturated rings. The quantitative estimate of drug-likeness (QED) is 0.465. The summed E-state index contributed by atoms with van der Waals surface area (Å²) in [5.74, 6) is 0.806. The fourth-order valence-electron chi connectivity index (χ4n) is 1.99. The Hall–Kier alpha value is -0.590. The molecule has 2 aliphatic rings. The molecule has 0 aromatic carbocycles. The number of carbonyl (C=O) groups excluding carboxylic acids is 1. The van der Waals surface area contributed by atoms with Crippen LogP contribution in [0.25, 0.3) is 0 Å². The van der Waals surface area contributed by atoms with Gasteiger partial charge < -0.3 is 0 Å². The molecule has 1 nitrogen and oxygen atoms in total. The van der Waals surface area contributed by atoms with Crippen LogP contribution >= 0.6 is 0 Å². The number of allylic oxidation sites excluding steroid dienone is 2. The van der Waals surface area contributed by atoms with Crippen LogP contribution in [0.1, 0.15) is 26.2 Å². The van der Waals surface area contributed by atoms with Gasteiger partial charge in [0.15, 0.2) is 0 Å². The third kappa shape index (κ3) is 0.556. The van der Waals surface area contributed by atoms with E-state index in [4.69, 9.17) is 0 Å². The SMILES string of the molecule is CC1CCC2(C=CC2)C1=O. The topological polar surface area (TPSA) is 17.1 Å². The van der Waals surface area contributed by atoms with Crippen LogP contribution in [-0.4, -0.2) is 5.78 Å². The Kier molecular flexibility index (Phi) is 1.05. The molecule has 0 saturated heterocycles. The second kappa shape index (κ2) is 1.71. The van der Waals surface area contributed by atoms with E-state index in [1.165, 1.54) is 0 Å². The first-order valence-corrected chi connectivity index (χ1v) is 3.97. The summed E-state index contributed by atoms with van der Waals surface area (Å²) in [6, 6.07) is 0. The van der Waals surface area contributed by atoms with Crippen LogP contribution in [-0.2, 0) is 4.79 Å². The van der Waals surface area contributed by atoms with Crippen molar-refractivity contribution < 1.29 is 4.79 Å². The minimum absolute atomic E-state index is 0.0272. The van der Waals surface area contributed by atoms with E-state index in [9.17, 15) is 4.79 Å². The molecule has 2 atom stereocenters. The molecule has 1 spiro atoms. The first-order valence-electron chi connectivity index (χ1n) is 3.97. The van der Waals surface area contributed by atoms with Crippen molar-refractivity contribution in [2.24, 2.45) is 11.3 Å². The second-order valence-corrected chi connectivity index (χ2v) is 3.57. The van der Waals surface area contributed by atoms with Gasteiger partial charge in [0, 0.05) is 5.92 Å². The molecule has 1 heteroatoms. The van der Waals surface area contributed by atoms with Crippen LogP contribution < -0.4 is 0 Å². The number of rotatable bonds is 0. The smallest absolute Gasteiger partial charge is 0.145 e. The fourth-order valence-corrected chi connectivity index (χ4v) is 1.99. The van der Waals surface area contributed by atoms with E-state index in [-0.39, 0.29) is 5.41 Å². The van der Waals surface area contributed by atoms with Crippen molar-refractivity contribution in [2.45, 2.75) is 26.2 Å². The Morgan fingerprint density at radius 1 is 1.70 bits per heavy atom. The Morgan fingerprint density at radius 3 is 2.60 bits per heavy atom. The van der Waals surface area contributed by atoms with E-state index < -0.39 is 0 Å². The molecule has 0 aliphatic heterocycles. The molecular weight excluding hydrogens is 124 g/mol. The van der Waals surface area contributed by atoms with Crippen molar-refractivity contribution in [1.82, 2.24) is 0 Å². The number of carbonyl (C=O) groups is 1. The van der Waals surface area contributed by atoms with Crippen molar-refractivity contribution in [2.75, 3.05) is 0 Å². The standard InChI is InChI=1S/C9H12O/c1-7-3-6-9(8(7)10)4-2-5-9/h2,4,7H,3,5-6H2,1H3. The summed E-state index contributed by atoms with van der Waals surface area (Å²) >= 11 is 0. The summed E-state index contributed by atoms with van der Waals surface area (Å²) < 4.78 is 0. The first-order chi connectivity index (χ1) is 4.75. The van der Waals surface area contributed by atoms with Crippen LogP contribution in [0, 0.1) is 11.3 Å². The highest BCUT2D eigenvalue weighted by Gasteiger charge is 2.46. The number of Topliss-reactive ketones (excluding diaryl/α,β-unsaturated/α-hetero) is 1. The van der Waals surface area contributed by atoms with E-state index in [0.717, 1.165) is 19.3 Å². The van der Waals surface area contributed by atoms with Crippen LogP contribution in [0.4, 0.5) is 0 Å². The van der Waals surface area contributed by atoms with Gasteiger partial charge in [-0.05, 0) is 19.3 Å². The summed E-state index contributed by atoms with van der Waals surface area (Å²) in [7, 11) is 0. The van der Waals surface area contributed by atoms with Crippen LogP contribution in [0.2, 0.25) is 0 Å². The van der Waals surface area contributed by atoms with E-state index in [1.54, 1.807) is 0 Å². The third-order valence-electron chi connectivity index (χ3n) is 2.88. The summed E-state index contributed by atoms with van der Waals surface area (Å²) in [4.78, 5) is 11.5. The minimum Gasteiger partial charge on any atom is -0.298 e. The normalized spacial score (nSPS) is 44.5. The Labute approximate surface area is 61.1 Å². The molecule has 0 aromatic rings. The maximum Gasteiger partial charge on any atom is 0.145 e. The average molecular weight is 136 g/mol. The molecule has 2 aliphatic carbocycles. The summed E-state index contributed by atoms with van der Waals surface area (Å²) in [5.41, 5.74) is 0.0272. The summed E-state index contributed by atoms with van der Waals surface area (Å²) in [6.07, 6.45) is 7.41. The van der Waals surface area contributed by atoms with Gasteiger partial charge in [-0.25, -0.2) is 0 Å². The van der Waals surface area contributed by atoms with Crippen molar-refractivity contribution in [1.29, 1.82) is 0 Å². The molecule has 0 N–H and O–H groups in total. The molecule has 2 unspecified atom stereocenters. The molecule has 0 aromatic heterocycles. The van der Waals surface area contributed by atoms with Crippen molar-refractivity contribution in [3.63, 3.8) is 0 Å². The van der Waals surface area contributed by atoms with E-state index in [1.807, 2.05) is 6.92 Å². The van der Waals surface area contributed by atoms with Crippen molar-refractivity contribution in [3.05, 3.63) is 12.2 Å². The van der Waals surface area contributed by atoms with Gasteiger partial charge >= 0.3 is 0 Å². The van der Waals surface area contributed by atoms with Crippen molar-refractivity contribution in [3.8, 4) is 0 Å². The molecule has 0 bridgehead atoms. The summed E-state index contributed by atoms with van der Waals surface area (Å²) in [5, 5.41) is 0. The highest BCUT2D eigenvalue weighted by Crippen LogP contribution is 2.47. The van der Waals surface area contributed by atoms with E-state index in [0.29, 0.717) is 11.7 Å². The highest BCUT2D eigenvalue weighted by atomic mass is 16.1. The lowest BCUT2D eigenvalue weighted by Gasteiger charge is -2.28. The van der Waals surface area contributed by atoms with Crippen molar-refractivity contribution >= 4 is 5.78 Å². The monoisotopic (exact) mass is 136 g/mol. The maximum absolute atomic E-state index is 11.5. The number of hydrogen-bond acceptors (Lipinski definition) is 1. The molecule has 0 radical (unpaired) electrons. The molecule has 0 heterocycles. The predicted octanol–water partition coefficient (Wildman–Crippen LogP) is 1.93. The second-order valence-electron chi connectivity index (χ2n) is 3.57. The van der Waals surface area contributed by atoms with Gasteiger partial charge in [0.1, 0.15) is 5.78 Å². The van der Waals surface area contributed by atoms with Gasteiger partial charge in [-0.1, -0.05) is 19.1 Å². The number of hydrogen-bond donors (Lipinski definition) is 0. The number of ketones is 1. The Balaban J connectivity index is 2.27. The fraction of sp³-hybridized carbons (Fsp3) is 0.667. The van der Waals surface area contributed by atoms with E-state index >= 15 is 0 Å². The van der Waals surface area contributed by atoms with Crippen LogP contribution in [0.3, 0.4) is 0 Å². The lowest BCUT2D eigenvalue weighted by molar-refractivity contribution is -0.126. The van der Waals surface area contributed by atoms with Gasteiger partial charge in [0.05, 0.1) is 5.41 Å². The zero-order chi connectivity index (χ0) is 7.19. The van der Waals surface area contributed by atoms with E-state index in [2.05, 4.69) is 12.2 Å². The maximum atomic E-state index is 11.5. The van der Waals surface area contributed by atoms with Gasteiger partial charge in [0.25, 0.3) is 0 Å².